The lowest BCUT2D eigenvalue weighted by Gasteiger charge is -2.11. The molecule has 0 rings (SSSR count). The molecule has 0 aliphatic carbocycles. The average Bonchev–Trinajstić information content (AvgIpc) is 2.12. The molecule has 0 spiro atoms. The van der Waals surface area contributed by atoms with Crippen molar-refractivity contribution in [3.8, 4) is 0 Å². The van der Waals surface area contributed by atoms with Crippen molar-refractivity contribution < 1.29 is 18.3 Å². The highest BCUT2D eigenvalue weighted by molar-refractivity contribution is 7.90. The summed E-state index contributed by atoms with van der Waals surface area (Å²) < 4.78 is 26.6. The lowest BCUT2D eigenvalue weighted by molar-refractivity contribution is 0.0430. The first-order valence-electron chi connectivity index (χ1n) is 5.10. The second-order valence-electron chi connectivity index (χ2n) is 3.50. The maximum Gasteiger partial charge on any atom is 0.147 e. The Bertz CT molecular complexity index is 240. The molecule has 0 aliphatic rings. The van der Waals surface area contributed by atoms with Crippen LogP contribution in [-0.4, -0.2) is 57.9 Å². The van der Waals surface area contributed by atoms with Crippen molar-refractivity contribution in [2.75, 3.05) is 38.3 Å². The fourth-order valence-corrected chi connectivity index (χ4v) is 1.71. The van der Waals surface area contributed by atoms with E-state index in [9.17, 15) is 13.5 Å². The summed E-state index contributed by atoms with van der Waals surface area (Å²) in [5.41, 5.74) is 0. The van der Waals surface area contributed by atoms with Crippen molar-refractivity contribution in [1.82, 2.24) is 5.32 Å². The summed E-state index contributed by atoms with van der Waals surface area (Å²) in [6.45, 7) is 3.80. The molecule has 0 saturated heterocycles. The predicted molar refractivity (Wildman–Crippen MR) is 59.7 cm³/mol. The van der Waals surface area contributed by atoms with Gasteiger partial charge in [-0.1, -0.05) is 0 Å². The van der Waals surface area contributed by atoms with Crippen molar-refractivity contribution >= 4 is 9.84 Å². The highest BCUT2D eigenvalue weighted by atomic mass is 32.2. The molecule has 0 saturated carbocycles. The van der Waals surface area contributed by atoms with Gasteiger partial charge in [-0.15, -0.1) is 0 Å². The van der Waals surface area contributed by atoms with Gasteiger partial charge in [-0.25, -0.2) is 8.42 Å². The molecular formula is C9H21NO4S. The van der Waals surface area contributed by atoms with E-state index < -0.39 is 15.9 Å². The third kappa shape index (κ3) is 11.8. The molecular weight excluding hydrogens is 218 g/mol. The van der Waals surface area contributed by atoms with E-state index in [0.717, 1.165) is 0 Å². The molecule has 0 aromatic rings. The highest BCUT2D eigenvalue weighted by Crippen LogP contribution is 1.88. The quantitative estimate of drug-likeness (QED) is 0.526. The number of hydrogen-bond acceptors (Lipinski definition) is 5. The molecule has 5 nitrogen and oxygen atoms in total. The van der Waals surface area contributed by atoms with Crippen molar-refractivity contribution in [3.63, 3.8) is 0 Å². The van der Waals surface area contributed by atoms with Crippen LogP contribution in [-0.2, 0) is 14.6 Å². The Labute approximate surface area is 91.7 Å². The zero-order valence-corrected chi connectivity index (χ0v) is 10.2. The molecule has 0 amide bonds. The van der Waals surface area contributed by atoms with Crippen molar-refractivity contribution in [2.45, 2.75) is 19.4 Å². The van der Waals surface area contributed by atoms with Gasteiger partial charge in [0.25, 0.3) is 0 Å². The largest absolute Gasteiger partial charge is 0.389 e. The Balaban J connectivity index is 3.31. The third-order valence-electron chi connectivity index (χ3n) is 1.76. The Morgan fingerprint density at radius 3 is 2.67 bits per heavy atom. The number of rotatable bonds is 9. The maximum atomic E-state index is 10.8. The van der Waals surface area contributed by atoms with Crippen LogP contribution in [0.25, 0.3) is 0 Å². The van der Waals surface area contributed by atoms with E-state index in [1.54, 1.807) is 0 Å². The third-order valence-corrected chi connectivity index (χ3v) is 2.79. The summed E-state index contributed by atoms with van der Waals surface area (Å²) in [4.78, 5) is 0. The Kier molecular flexibility index (Phi) is 7.95. The molecule has 1 atom stereocenters. The van der Waals surface area contributed by atoms with Crippen LogP contribution in [0.15, 0.2) is 0 Å². The molecule has 0 bridgehead atoms. The first-order valence-corrected chi connectivity index (χ1v) is 7.16. The van der Waals surface area contributed by atoms with Crippen LogP contribution in [0.5, 0.6) is 0 Å². The first kappa shape index (κ1) is 14.8. The number of aliphatic hydroxyl groups excluding tert-OH is 1. The lowest BCUT2D eigenvalue weighted by Crippen LogP contribution is -2.31. The number of ether oxygens (including phenoxy) is 1. The van der Waals surface area contributed by atoms with E-state index >= 15 is 0 Å². The van der Waals surface area contributed by atoms with Gasteiger partial charge in [0.2, 0.25) is 0 Å². The van der Waals surface area contributed by atoms with Crippen LogP contribution in [0.1, 0.15) is 13.3 Å². The minimum Gasteiger partial charge on any atom is -0.389 e. The van der Waals surface area contributed by atoms with E-state index in [-0.39, 0.29) is 5.75 Å². The first-order chi connectivity index (χ1) is 6.95. The van der Waals surface area contributed by atoms with E-state index in [4.69, 9.17) is 4.74 Å². The van der Waals surface area contributed by atoms with E-state index in [1.165, 1.54) is 6.26 Å². The van der Waals surface area contributed by atoms with Crippen LogP contribution >= 0.6 is 0 Å². The van der Waals surface area contributed by atoms with Crippen molar-refractivity contribution in [3.05, 3.63) is 0 Å². The van der Waals surface area contributed by atoms with Gasteiger partial charge in [0.1, 0.15) is 9.84 Å². The van der Waals surface area contributed by atoms with Gasteiger partial charge in [0.05, 0.1) is 18.5 Å². The molecule has 0 aromatic heterocycles. The van der Waals surface area contributed by atoms with Crippen LogP contribution in [0.4, 0.5) is 0 Å². The molecule has 92 valence electrons. The number of aliphatic hydroxyl groups is 1. The summed E-state index contributed by atoms with van der Waals surface area (Å²) in [6, 6.07) is 0. The zero-order valence-electron chi connectivity index (χ0n) is 9.40. The Morgan fingerprint density at radius 2 is 2.13 bits per heavy atom. The fourth-order valence-electron chi connectivity index (χ4n) is 1.04. The summed E-state index contributed by atoms with van der Waals surface area (Å²) in [6.07, 6.45) is 1.26. The van der Waals surface area contributed by atoms with Gasteiger partial charge in [0.15, 0.2) is 0 Å². The Morgan fingerprint density at radius 1 is 1.47 bits per heavy atom. The fraction of sp³-hybridized carbons (Fsp3) is 1.00. The normalized spacial score (nSPS) is 14.1. The zero-order chi connectivity index (χ0) is 11.7. The molecule has 15 heavy (non-hydrogen) atoms. The van der Waals surface area contributed by atoms with E-state index in [0.29, 0.717) is 32.7 Å². The van der Waals surface area contributed by atoms with Gasteiger partial charge in [0, 0.05) is 19.4 Å². The van der Waals surface area contributed by atoms with Gasteiger partial charge in [-0.05, 0) is 19.9 Å². The molecule has 0 radical (unpaired) electrons. The topological polar surface area (TPSA) is 75.6 Å². The van der Waals surface area contributed by atoms with Crippen LogP contribution in [0, 0.1) is 0 Å². The number of sulfone groups is 1. The summed E-state index contributed by atoms with van der Waals surface area (Å²) in [7, 11) is -2.87. The molecule has 0 aliphatic heterocycles. The smallest absolute Gasteiger partial charge is 0.147 e. The number of nitrogens with one attached hydrogen (secondary N) is 1. The van der Waals surface area contributed by atoms with E-state index in [1.807, 2.05) is 6.92 Å². The molecule has 0 fully saturated rings. The SMILES string of the molecule is CCOCC(O)CNCCCS(C)(=O)=O. The second-order valence-corrected chi connectivity index (χ2v) is 5.76. The molecule has 6 heteroatoms. The monoisotopic (exact) mass is 239 g/mol. The van der Waals surface area contributed by atoms with Gasteiger partial charge < -0.3 is 15.2 Å². The van der Waals surface area contributed by atoms with Gasteiger partial charge in [-0.2, -0.15) is 0 Å². The summed E-state index contributed by atoms with van der Waals surface area (Å²) in [5, 5.41) is 12.3. The standard InChI is InChI=1S/C9H21NO4S/c1-3-14-8-9(11)7-10-5-4-6-15(2,12)13/h9-11H,3-8H2,1-2H3. The molecule has 1 unspecified atom stereocenters. The molecule has 0 aromatic carbocycles. The second kappa shape index (κ2) is 8.04. The lowest BCUT2D eigenvalue weighted by atomic mass is 10.3. The van der Waals surface area contributed by atoms with Crippen molar-refractivity contribution in [2.24, 2.45) is 0 Å². The highest BCUT2D eigenvalue weighted by Gasteiger charge is 2.04. The number of hydrogen-bond donors (Lipinski definition) is 2. The van der Waals surface area contributed by atoms with Crippen LogP contribution in [0.2, 0.25) is 0 Å². The molecule has 0 heterocycles. The predicted octanol–water partition coefficient (Wildman–Crippen LogP) is -0.592. The minimum absolute atomic E-state index is 0.182. The van der Waals surface area contributed by atoms with Gasteiger partial charge >= 0.3 is 0 Å². The van der Waals surface area contributed by atoms with Crippen LogP contribution < -0.4 is 5.32 Å². The van der Waals surface area contributed by atoms with Crippen LogP contribution in [0.3, 0.4) is 0 Å². The van der Waals surface area contributed by atoms with E-state index in [2.05, 4.69) is 5.32 Å². The molecule has 2 N–H and O–H groups in total. The van der Waals surface area contributed by atoms with Gasteiger partial charge in [-0.3, -0.25) is 0 Å². The summed E-state index contributed by atoms with van der Waals surface area (Å²) in [5.74, 6) is 0.182. The Hall–Kier alpha value is -0.170. The minimum atomic E-state index is -2.87. The average molecular weight is 239 g/mol. The van der Waals surface area contributed by atoms with Crippen molar-refractivity contribution in [1.29, 1.82) is 0 Å². The maximum absolute atomic E-state index is 10.8. The summed E-state index contributed by atoms with van der Waals surface area (Å²) >= 11 is 0.